The van der Waals surface area contributed by atoms with Crippen LogP contribution in [-0.2, 0) is 10.8 Å². The number of aromatic nitrogens is 3. The lowest BCUT2D eigenvalue weighted by Crippen LogP contribution is -2.28. The zero-order valence-electron chi connectivity index (χ0n) is 36.7. The van der Waals surface area contributed by atoms with Crippen molar-refractivity contribution in [1.29, 1.82) is 5.26 Å². The van der Waals surface area contributed by atoms with Crippen molar-refractivity contribution in [3.05, 3.63) is 138 Å². The first-order valence-corrected chi connectivity index (χ1v) is 22.8. The van der Waals surface area contributed by atoms with Crippen LogP contribution in [0.25, 0.3) is 56.4 Å². The lowest BCUT2D eigenvalue weighted by Gasteiger charge is -2.35. The molecule has 3 unspecified atom stereocenters. The van der Waals surface area contributed by atoms with Crippen LogP contribution < -0.4 is 0 Å². The van der Waals surface area contributed by atoms with Crippen LogP contribution in [0.5, 0.6) is 0 Å². The number of benzene rings is 5. The van der Waals surface area contributed by atoms with Crippen molar-refractivity contribution in [2.45, 2.75) is 117 Å². The molecule has 8 rings (SSSR count). The highest BCUT2D eigenvalue weighted by atomic mass is 15.0. The zero-order chi connectivity index (χ0) is 41.9. The van der Waals surface area contributed by atoms with Gasteiger partial charge in [-0.15, -0.1) is 0 Å². The average molecular weight is 791 g/mol. The molecule has 4 nitrogen and oxygen atoms in total. The molecule has 4 heteroatoms. The topological polar surface area (TPSA) is 62.5 Å². The van der Waals surface area contributed by atoms with Crippen molar-refractivity contribution in [3.8, 4) is 62.5 Å². The first kappa shape index (κ1) is 41.3. The Morgan fingerprint density at radius 2 is 0.900 bits per heavy atom. The van der Waals surface area contributed by atoms with E-state index < -0.39 is 0 Å². The van der Waals surface area contributed by atoms with Crippen molar-refractivity contribution in [2.24, 2.45) is 23.7 Å². The van der Waals surface area contributed by atoms with Gasteiger partial charge in [0.1, 0.15) is 0 Å². The fraction of sp³-hybridized carbons (Fsp3) is 0.393. The number of hydrogen-bond donors (Lipinski definition) is 0. The second-order valence-corrected chi connectivity index (χ2v) is 18.9. The Hall–Kier alpha value is -5.40. The van der Waals surface area contributed by atoms with Gasteiger partial charge in [0.05, 0.1) is 11.6 Å². The molecular formula is C56H62N4. The van der Waals surface area contributed by atoms with Crippen LogP contribution in [0.15, 0.2) is 121 Å². The highest BCUT2D eigenvalue weighted by Crippen LogP contribution is 2.47. The van der Waals surface area contributed by atoms with Crippen LogP contribution in [-0.4, -0.2) is 15.0 Å². The van der Waals surface area contributed by atoms with Crippen LogP contribution in [0.4, 0.5) is 0 Å². The molecule has 2 saturated carbocycles. The monoisotopic (exact) mass is 790 g/mol. The van der Waals surface area contributed by atoms with Crippen molar-refractivity contribution in [3.63, 3.8) is 0 Å². The molecule has 0 aliphatic heterocycles. The van der Waals surface area contributed by atoms with Crippen LogP contribution >= 0.6 is 0 Å². The van der Waals surface area contributed by atoms with E-state index in [9.17, 15) is 5.26 Å². The van der Waals surface area contributed by atoms with Crippen LogP contribution in [0.2, 0.25) is 0 Å². The molecule has 5 aromatic carbocycles. The summed E-state index contributed by atoms with van der Waals surface area (Å²) in [6, 6.07) is 45.5. The molecule has 6 atom stereocenters. The summed E-state index contributed by atoms with van der Waals surface area (Å²) >= 11 is 0. The first-order valence-electron chi connectivity index (χ1n) is 22.8. The first-order chi connectivity index (χ1) is 29.1. The predicted octanol–water partition coefficient (Wildman–Crippen LogP) is 15.1. The van der Waals surface area contributed by atoms with E-state index in [4.69, 9.17) is 15.0 Å². The lowest BCUT2D eigenvalue weighted by molar-refractivity contribution is 0.295. The maximum Gasteiger partial charge on any atom is 0.164 e. The Kier molecular flexibility index (Phi) is 12.2. The van der Waals surface area contributed by atoms with Gasteiger partial charge < -0.3 is 0 Å². The maximum atomic E-state index is 9.68. The Bertz CT molecular complexity index is 2320. The molecule has 0 radical (unpaired) electrons. The molecule has 6 aromatic rings. The minimum Gasteiger partial charge on any atom is -0.208 e. The molecule has 2 aliphatic rings. The van der Waals surface area contributed by atoms with Crippen molar-refractivity contribution < 1.29 is 0 Å². The minimum atomic E-state index is 0.187. The molecule has 0 N–H and O–H groups in total. The highest BCUT2D eigenvalue weighted by molar-refractivity contribution is 5.86. The molecule has 0 bridgehead atoms. The van der Waals surface area contributed by atoms with E-state index in [0.717, 1.165) is 75.5 Å². The Balaban J connectivity index is 1.26. The van der Waals surface area contributed by atoms with Gasteiger partial charge in [-0.1, -0.05) is 164 Å². The van der Waals surface area contributed by atoms with Gasteiger partial charge in [-0.25, -0.2) is 15.0 Å². The molecule has 0 spiro atoms. The molecule has 0 amide bonds. The van der Waals surface area contributed by atoms with Crippen molar-refractivity contribution >= 4 is 0 Å². The number of nitrogens with zero attached hydrogens (tertiary/aromatic N) is 4. The summed E-state index contributed by atoms with van der Waals surface area (Å²) in [6.07, 6.45) is 12.5. The van der Waals surface area contributed by atoms with Gasteiger partial charge in [0.25, 0.3) is 0 Å². The van der Waals surface area contributed by atoms with Gasteiger partial charge in [-0.2, -0.15) is 5.26 Å². The van der Waals surface area contributed by atoms with Gasteiger partial charge in [-0.05, 0) is 131 Å². The van der Waals surface area contributed by atoms with Gasteiger partial charge in [0, 0.05) is 16.7 Å². The summed E-state index contributed by atoms with van der Waals surface area (Å²) in [5.74, 6) is 4.88. The zero-order valence-corrected chi connectivity index (χ0v) is 36.7. The van der Waals surface area contributed by atoms with Gasteiger partial charge in [0.2, 0.25) is 0 Å². The third kappa shape index (κ3) is 8.60. The van der Waals surface area contributed by atoms with E-state index in [1.54, 1.807) is 0 Å². The summed E-state index contributed by atoms with van der Waals surface area (Å²) in [5.41, 5.74) is 11.0. The Morgan fingerprint density at radius 3 is 1.37 bits per heavy atom. The maximum absolute atomic E-state index is 9.68. The SMILES string of the molecule is CCC1(c2ccc(-c3nc(-c4ccc(C5(CC)C[C@H](C)CC[C@H](C)C5)cc4)nc(-c4ccc(-c5cccc(C#N)c5)cc4-c4ccccc4)n3)cc2)CC(C)CC[C@H](C)C1. The molecule has 1 aromatic heterocycles. The Labute approximate surface area is 359 Å². The smallest absolute Gasteiger partial charge is 0.164 e. The Morgan fingerprint density at radius 1 is 0.467 bits per heavy atom. The quantitative estimate of drug-likeness (QED) is 0.137. The van der Waals surface area contributed by atoms with Gasteiger partial charge >= 0.3 is 0 Å². The number of nitriles is 1. The van der Waals surface area contributed by atoms with E-state index >= 15 is 0 Å². The fourth-order valence-electron chi connectivity index (χ4n) is 11.1. The summed E-state index contributed by atoms with van der Waals surface area (Å²) in [6.45, 7) is 14.5. The predicted molar refractivity (Wildman–Crippen MR) is 249 cm³/mol. The van der Waals surface area contributed by atoms with Crippen LogP contribution in [0.3, 0.4) is 0 Å². The van der Waals surface area contributed by atoms with E-state index in [-0.39, 0.29) is 10.8 Å². The normalized spacial score (nSPS) is 24.6. The van der Waals surface area contributed by atoms with E-state index in [1.165, 1.54) is 62.5 Å². The number of rotatable bonds is 9. The second-order valence-electron chi connectivity index (χ2n) is 18.9. The summed E-state index contributed by atoms with van der Waals surface area (Å²) < 4.78 is 0. The lowest BCUT2D eigenvalue weighted by atomic mass is 9.69. The van der Waals surface area contributed by atoms with Crippen LogP contribution in [0, 0.1) is 35.0 Å². The van der Waals surface area contributed by atoms with Crippen molar-refractivity contribution in [2.75, 3.05) is 0 Å². The standard InChI is InChI=1S/C56H62N4/c1-7-55(33-38(3)17-18-39(4)34-55)48-26-21-44(22-27-48)52-58-53(45-23-28-49(29-24-45)56(8-2)35-40(5)19-20-41(6)36-56)60-54(59-52)50-30-25-47(46-16-12-13-42(31-46)37-57)32-51(50)43-14-10-9-11-15-43/h9-16,21-32,38-41H,7-8,17-20,33-36H2,1-6H3/t38-,39+,40-,41?,55?,56?/m0/s1. The van der Waals surface area contributed by atoms with E-state index in [2.05, 4.69) is 145 Å². The molecule has 2 fully saturated rings. The third-order valence-corrected chi connectivity index (χ3v) is 14.4. The average Bonchev–Trinajstić information content (AvgIpc) is 3.55. The summed E-state index contributed by atoms with van der Waals surface area (Å²) in [7, 11) is 0. The molecule has 1 heterocycles. The summed E-state index contributed by atoms with van der Waals surface area (Å²) in [4.78, 5) is 15.9. The molecule has 306 valence electrons. The fourth-order valence-corrected chi connectivity index (χ4v) is 11.1. The number of hydrogen-bond acceptors (Lipinski definition) is 4. The second kappa shape index (κ2) is 17.7. The van der Waals surface area contributed by atoms with Crippen LogP contribution in [0.1, 0.15) is 122 Å². The minimum absolute atomic E-state index is 0.187. The molecular weight excluding hydrogens is 729 g/mol. The van der Waals surface area contributed by atoms with Gasteiger partial charge in [0.15, 0.2) is 17.5 Å². The largest absolute Gasteiger partial charge is 0.208 e. The van der Waals surface area contributed by atoms with E-state index in [1.807, 2.05) is 24.3 Å². The van der Waals surface area contributed by atoms with Crippen molar-refractivity contribution in [1.82, 2.24) is 15.0 Å². The molecule has 0 saturated heterocycles. The highest BCUT2D eigenvalue weighted by Gasteiger charge is 2.37. The van der Waals surface area contributed by atoms with E-state index in [0.29, 0.717) is 23.0 Å². The third-order valence-electron chi connectivity index (χ3n) is 14.4. The molecule has 2 aliphatic carbocycles. The summed E-state index contributed by atoms with van der Waals surface area (Å²) in [5, 5.41) is 9.68. The van der Waals surface area contributed by atoms with Gasteiger partial charge in [-0.3, -0.25) is 0 Å². The molecule has 60 heavy (non-hydrogen) atoms.